The summed E-state index contributed by atoms with van der Waals surface area (Å²) < 4.78 is 1.84. The number of nitrogens with zero attached hydrogens (tertiary/aromatic N) is 4. The molecule has 0 atom stereocenters. The summed E-state index contributed by atoms with van der Waals surface area (Å²) in [7, 11) is 0. The van der Waals surface area contributed by atoms with Crippen LogP contribution in [0.15, 0.2) is 11.2 Å². The smallest absolute Gasteiger partial charge is 0.216 e. The Hall–Kier alpha value is -1.10. The number of hydrogen-bond donors (Lipinski definition) is 0. The molecule has 0 bridgehead atoms. The van der Waals surface area contributed by atoms with Crippen molar-refractivity contribution >= 4 is 17.5 Å². The van der Waals surface area contributed by atoms with Crippen LogP contribution in [-0.4, -0.2) is 25.8 Å². The normalized spacial score (nSPS) is 11.1. The molecule has 0 amide bonds. The molecule has 0 fully saturated rings. The van der Waals surface area contributed by atoms with Gasteiger partial charge < -0.3 is 0 Å². The van der Waals surface area contributed by atoms with E-state index in [9.17, 15) is 0 Å². The fourth-order valence-corrected chi connectivity index (χ4v) is 1.82. The fraction of sp³-hybridized carbons (Fsp3) is 0.500. The number of aryl methyl sites for hydroxylation is 2. The van der Waals surface area contributed by atoms with Gasteiger partial charge in [-0.05, 0) is 25.2 Å². The minimum atomic E-state index is 0.718. The molecule has 0 unspecified atom stereocenters. The Morgan fingerprint density at radius 3 is 2.67 bits per heavy atom. The molecule has 5 heteroatoms. The van der Waals surface area contributed by atoms with Gasteiger partial charge in [0.25, 0.3) is 5.78 Å². The third kappa shape index (κ3) is 1.84. The number of hydrogen-bond acceptors (Lipinski definition) is 4. The highest BCUT2D eigenvalue weighted by Crippen LogP contribution is 2.13. The Morgan fingerprint density at radius 1 is 1.27 bits per heavy atom. The van der Waals surface area contributed by atoms with E-state index in [0.717, 1.165) is 29.5 Å². The van der Waals surface area contributed by atoms with E-state index in [4.69, 9.17) is 0 Å². The second-order valence-corrected chi connectivity index (χ2v) is 4.03. The van der Waals surface area contributed by atoms with Crippen LogP contribution >= 0.6 is 11.8 Å². The van der Waals surface area contributed by atoms with Crippen LogP contribution in [0.3, 0.4) is 0 Å². The molecule has 2 rings (SSSR count). The predicted molar refractivity (Wildman–Crippen MR) is 61.3 cm³/mol. The third-order valence-electron chi connectivity index (χ3n) is 2.33. The topological polar surface area (TPSA) is 43.1 Å². The van der Waals surface area contributed by atoms with Crippen LogP contribution in [0, 0.1) is 0 Å². The first-order valence-electron chi connectivity index (χ1n) is 5.08. The van der Waals surface area contributed by atoms with Crippen LogP contribution in [0.1, 0.15) is 25.2 Å². The van der Waals surface area contributed by atoms with Gasteiger partial charge in [-0.2, -0.15) is 4.98 Å². The first-order chi connectivity index (χ1) is 7.28. The quantitative estimate of drug-likeness (QED) is 0.745. The Bertz CT molecular complexity index is 477. The number of thioether (sulfide) groups is 1. The summed E-state index contributed by atoms with van der Waals surface area (Å²) in [5, 5.41) is 5.17. The lowest BCUT2D eigenvalue weighted by molar-refractivity contribution is 0.805. The average Bonchev–Trinajstić information content (AvgIpc) is 2.70. The summed E-state index contributed by atoms with van der Waals surface area (Å²) in [6, 6.07) is 2.10. The van der Waals surface area contributed by atoms with Gasteiger partial charge in [-0.25, -0.2) is 9.50 Å². The molecule has 0 aliphatic rings. The molecule has 80 valence electrons. The van der Waals surface area contributed by atoms with Crippen molar-refractivity contribution in [2.45, 2.75) is 31.8 Å². The van der Waals surface area contributed by atoms with Crippen LogP contribution in [-0.2, 0) is 12.8 Å². The van der Waals surface area contributed by atoms with E-state index in [2.05, 4.69) is 35.0 Å². The first kappa shape index (κ1) is 10.4. The minimum absolute atomic E-state index is 0.718. The maximum absolute atomic E-state index is 4.45. The predicted octanol–water partition coefficient (Wildman–Crippen LogP) is 1.97. The van der Waals surface area contributed by atoms with E-state index in [1.807, 2.05) is 10.8 Å². The minimum Gasteiger partial charge on any atom is -0.216 e. The molecule has 0 N–H and O–H groups in total. The van der Waals surface area contributed by atoms with Crippen LogP contribution in [0.2, 0.25) is 0 Å². The van der Waals surface area contributed by atoms with Gasteiger partial charge in [0.1, 0.15) is 0 Å². The van der Waals surface area contributed by atoms with Crippen LogP contribution < -0.4 is 0 Å². The summed E-state index contributed by atoms with van der Waals surface area (Å²) in [6.07, 6.45) is 3.86. The Labute approximate surface area is 93.1 Å². The summed E-state index contributed by atoms with van der Waals surface area (Å²) in [6.45, 7) is 4.22. The van der Waals surface area contributed by atoms with E-state index in [0.29, 0.717) is 0 Å². The molecular formula is C10H14N4S. The largest absolute Gasteiger partial charge is 0.253 e. The lowest BCUT2D eigenvalue weighted by Crippen LogP contribution is -2.02. The first-order valence-corrected chi connectivity index (χ1v) is 6.30. The van der Waals surface area contributed by atoms with Crippen molar-refractivity contribution < 1.29 is 0 Å². The van der Waals surface area contributed by atoms with E-state index in [-0.39, 0.29) is 0 Å². The molecule has 2 heterocycles. The van der Waals surface area contributed by atoms with Crippen LogP contribution in [0.4, 0.5) is 0 Å². The van der Waals surface area contributed by atoms with Crippen molar-refractivity contribution in [1.29, 1.82) is 0 Å². The Kier molecular flexibility index (Phi) is 2.90. The SMILES string of the molecule is CCc1cc(CC)n2nc(SC)nc2n1. The molecule has 0 radical (unpaired) electrons. The molecule has 0 aromatic carbocycles. The Morgan fingerprint density at radius 2 is 2.07 bits per heavy atom. The van der Waals surface area contributed by atoms with Crippen molar-refractivity contribution in [3.63, 3.8) is 0 Å². The summed E-state index contributed by atoms with van der Waals surface area (Å²) in [5.74, 6) is 0.718. The highest BCUT2D eigenvalue weighted by Gasteiger charge is 2.08. The number of fused-ring (bicyclic) bond motifs is 1. The lowest BCUT2D eigenvalue weighted by Gasteiger charge is -2.02. The van der Waals surface area contributed by atoms with Gasteiger partial charge in [0.15, 0.2) is 0 Å². The van der Waals surface area contributed by atoms with Crippen molar-refractivity contribution in [3.8, 4) is 0 Å². The molecule has 15 heavy (non-hydrogen) atoms. The van der Waals surface area contributed by atoms with E-state index < -0.39 is 0 Å². The molecule has 4 nitrogen and oxygen atoms in total. The van der Waals surface area contributed by atoms with E-state index in [1.54, 1.807) is 11.8 Å². The maximum Gasteiger partial charge on any atom is 0.253 e. The van der Waals surface area contributed by atoms with Crippen molar-refractivity contribution in [2.75, 3.05) is 6.26 Å². The van der Waals surface area contributed by atoms with Crippen LogP contribution in [0.5, 0.6) is 0 Å². The summed E-state index contributed by atoms with van der Waals surface area (Å²) in [4.78, 5) is 8.80. The van der Waals surface area contributed by atoms with Gasteiger partial charge >= 0.3 is 0 Å². The number of rotatable bonds is 3. The standard InChI is InChI=1S/C10H14N4S/c1-4-7-6-8(5-2)14-9(11-7)12-10(13-14)15-3/h6H,4-5H2,1-3H3. The zero-order valence-electron chi connectivity index (χ0n) is 9.19. The molecule has 0 saturated heterocycles. The monoisotopic (exact) mass is 222 g/mol. The van der Waals surface area contributed by atoms with Gasteiger partial charge in [0, 0.05) is 11.4 Å². The highest BCUT2D eigenvalue weighted by atomic mass is 32.2. The molecule has 0 saturated carbocycles. The number of aromatic nitrogens is 4. The van der Waals surface area contributed by atoms with Gasteiger partial charge in [0.05, 0.1) is 0 Å². The molecule has 2 aromatic rings. The molecule has 0 aliphatic carbocycles. The van der Waals surface area contributed by atoms with E-state index >= 15 is 0 Å². The van der Waals surface area contributed by atoms with Gasteiger partial charge in [-0.15, -0.1) is 5.10 Å². The average molecular weight is 222 g/mol. The summed E-state index contributed by atoms with van der Waals surface area (Å²) >= 11 is 1.54. The van der Waals surface area contributed by atoms with Crippen molar-refractivity contribution in [3.05, 3.63) is 17.5 Å². The zero-order chi connectivity index (χ0) is 10.8. The van der Waals surface area contributed by atoms with Crippen molar-refractivity contribution in [1.82, 2.24) is 19.6 Å². The lowest BCUT2D eigenvalue weighted by atomic mass is 10.2. The maximum atomic E-state index is 4.45. The van der Waals surface area contributed by atoms with Crippen molar-refractivity contribution in [2.24, 2.45) is 0 Å². The highest BCUT2D eigenvalue weighted by molar-refractivity contribution is 7.98. The second kappa shape index (κ2) is 4.18. The zero-order valence-corrected chi connectivity index (χ0v) is 10.0. The van der Waals surface area contributed by atoms with Gasteiger partial charge in [0.2, 0.25) is 5.16 Å². The van der Waals surface area contributed by atoms with Crippen LogP contribution in [0.25, 0.3) is 5.78 Å². The second-order valence-electron chi connectivity index (χ2n) is 3.26. The Balaban J connectivity index is 2.66. The molecule has 0 aliphatic heterocycles. The van der Waals surface area contributed by atoms with Gasteiger partial charge in [-0.1, -0.05) is 25.6 Å². The molecule has 2 aromatic heterocycles. The molecular weight excluding hydrogens is 208 g/mol. The van der Waals surface area contributed by atoms with E-state index in [1.165, 1.54) is 5.69 Å². The fourth-order valence-electron chi connectivity index (χ4n) is 1.48. The third-order valence-corrected chi connectivity index (χ3v) is 2.86. The van der Waals surface area contributed by atoms with Gasteiger partial charge in [-0.3, -0.25) is 0 Å². The summed E-state index contributed by atoms with van der Waals surface area (Å²) in [5.41, 5.74) is 2.25. The molecule has 0 spiro atoms.